The second-order valence-electron chi connectivity index (χ2n) is 5.17. The van der Waals surface area contributed by atoms with Crippen molar-refractivity contribution in [3.8, 4) is 0 Å². The molecule has 1 aromatic carbocycles. The molecular formula is C14H20N2O. The summed E-state index contributed by atoms with van der Waals surface area (Å²) in [4.78, 5) is 2.37. The summed E-state index contributed by atoms with van der Waals surface area (Å²) in [5.74, 6) is 0. The summed E-state index contributed by atoms with van der Waals surface area (Å²) in [6.07, 6.45) is 2.01. The van der Waals surface area contributed by atoms with Crippen LogP contribution in [0.3, 0.4) is 0 Å². The van der Waals surface area contributed by atoms with Crippen molar-refractivity contribution in [2.75, 3.05) is 19.6 Å². The van der Waals surface area contributed by atoms with Gasteiger partial charge in [0, 0.05) is 25.7 Å². The number of aliphatic hydroxyl groups is 1. The molecule has 0 aliphatic carbocycles. The minimum Gasteiger partial charge on any atom is -0.390 e. The van der Waals surface area contributed by atoms with Gasteiger partial charge in [-0.2, -0.15) is 0 Å². The van der Waals surface area contributed by atoms with Gasteiger partial charge in [0.1, 0.15) is 0 Å². The standard InChI is InChI=1S/C14H20N2O/c17-14(13-5-7-15-13)10-16-8-6-11-3-1-2-4-12(11)9-16/h1-4,13-15,17H,5-10H2. The molecule has 1 fully saturated rings. The Bertz CT molecular complexity index is 390. The molecule has 2 heterocycles. The van der Waals surface area contributed by atoms with Crippen LogP contribution in [0.5, 0.6) is 0 Å². The molecule has 2 unspecified atom stereocenters. The number of nitrogens with one attached hydrogen (secondary N) is 1. The van der Waals surface area contributed by atoms with Crippen molar-refractivity contribution in [2.45, 2.75) is 31.5 Å². The lowest BCUT2D eigenvalue weighted by Gasteiger charge is -2.36. The Morgan fingerprint density at radius 1 is 1.35 bits per heavy atom. The van der Waals surface area contributed by atoms with Gasteiger partial charge in [0.25, 0.3) is 0 Å². The summed E-state index contributed by atoms with van der Waals surface area (Å²) in [5.41, 5.74) is 2.90. The number of aliphatic hydroxyl groups excluding tert-OH is 1. The molecule has 1 saturated heterocycles. The van der Waals surface area contributed by atoms with Crippen LogP contribution in [0.2, 0.25) is 0 Å². The number of nitrogens with zero attached hydrogens (tertiary/aromatic N) is 1. The zero-order valence-electron chi connectivity index (χ0n) is 10.1. The topological polar surface area (TPSA) is 35.5 Å². The second-order valence-corrected chi connectivity index (χ2v) is 5.17. The van der Waals surface area contributed by atoms with Gasteiger partial charge in [-0.25, -0.2) is 0 Å². The van der Waals surface area contributed by atoms with Gasteiger partial charge < -0.3 is 10.4 Å². The maximum atomic E-state index is 10.1. The lowest BCUT2D eigenvalue weighted by atomic mass is 9.97. The van der Waals surface area contributed by atoms with E-state index in [4.69, 9.17) is 0 Å². The maximum Gasteiger partial charge on any atom is 0.0820 e. The minimum atomic E-state index is -0.214. The third-order valence-corrected chi connectivity index (χ3v) is 3.98. The van der Waals surface area contributed by atoms with E-state index in [0.29, 0.717) is 6.04 Å². The van der Waals surface area contributed by atoms with E-state index in [2.05, 4.69) is 34.5 Å². The Kier molecular flexibility index (Phi) is 3.14. The van der Waals surface area contributed by atoms with Crippen LogP contribution < -0.4 is 5.32 Å². The molecule has 3 nitrogen and oxygen atoms in total. The summed E-state index contributed by atoms with van der Waals surface area (Å²) < 4.78 is 0. The molecule has 0 saturated carbocycles. The fraction of sp³-hybridized carbons (Fsp3) is 0.571. The molecule has 2 N–H and O–H groups in total. The Hall–Kier alpha value is -0.900. The number of rotatable bonds is 3. The van der Waals surface area contributed by atoms with Gasteiger partial charge in [0.2, 0.25) is 0 Å². The van der Waals surface area contributed by atoms with Gasteiger partial charge in [0.15, 0.2) is 0 Å². The maximum absolute atomic E-state index is 10.1. The molecule has 1 aromatic rings. The number of benzene rings is 1. The smallest absolute Gasteiger partial charge is 0.0820 e. The summed E-state index contributed by atoms with van der Waals surface area (Å²) in [6, 6.07) is 8.96. The van der Waals surface area contributed by atoms with E-state index in [1.54, 1.807) is 0 Å². The highest BCUT2D eigenvalue weighted by Gasteiger charge is 2.27. The van der Waals surface area contributed by atoms with Gasteiger partial charge >= 0.3 is 0 Å². The average Bonchev–Trinajstić information content (AvgIpc) is 2.26. The summed E-state index contributed by atoms with van der Waals surface area (Å²) in [7, 11) is 0. The van der Waals surface area contributed by atoms with Crippen LogP contribution in [0, 0.1) is 0 Å². The highest BCUT2D eigenvalue weighted by Crippen LogP contribution is 2.19. The summed E-state index contributed by atoms with van der Waals surface area (Å²) in [5, 5.41) is 13.3. The van der Waals surface area contributed by atoms with Crippen LogP contribution in [0.4, 0.5) is 0 Å². The normalized spacial score (nSPS) is 26.1. The average molecular weight is 232 g/mol. The Morgan fingerprint density at radius 3 is 2.82 bits per heavy atom. The van der Waals surface area contributed by atoms with Crippen LogP contribution >= 0.6 is 0 Å². The first-order chi connectivity index (χ1) is 8.33. The zero-order chi connectivity index (χ0) is 11.7. The molecule has 2 aliphatic heterocycles. The lowest BCUT2D eigenvalue weighted by Crippen LogP contribution is -2.54. The highest BCUT2D eigenvalue weighted by atomic mass is 16.3. The number of β-amino-alcohol motifs (C(OH)–C–C–N with tert-alkyl or cyclic N) is 1. The third-order valence-electron chi connectivity index (χ3n) is 3.98. The molecule has 92 valence electrons. The van der Waals surface area contributed by atoms with Crippen LogP contribution in [0.25, 0.3) is 0 Å². The van der Waals surface area contributed by atoms with Crippen LogP contribution in [-0.4, -0.2) is 41.8 Å². The van der Waals surface area contributed by atoms with Crippen molar-refractivity contribution in [3.63, 3.8) is 0 Å². The van der Waals surface area contributed by atoms with E-state index >= 15 is 0 Å². The fourth-order valence-corrected chi connectivity index (χ4v) is 2.74. The van der Waals surface area contributed by atoms with Gasteiger partial charge in [-0.15, -0.1) is 0 Å². The Morgan fingerprint density at radius 2 is 2.12 bits per heavy atom. The molecule has 2 aliphatic rings. The van der Waals surface area contributed by atoms with E-state index in [1.807, 2.05) is 0 Å². The molecule has 0 aromatic heterocycles. The fourth-order valence-electron chi connectivity index (χ4n) is 2.74. The summed E-state index contributed by atoms with van der Waals surface area (Å²) >= 11 is 0. The largest absolute Gasteiger partial charge is 0.390 e. The van der Waals surface area contributed by atoms with E-state index in [-0.39, 0.29) is 6.10 Å². The van der Waals surface area contributed by atoms with Crippen LogP contribution in [0.15, 0.2) is 24.3 Å². The molecule has 0 radical (unpaired) electrons. The van der Waals surface area contributed by atoms with Gasteiger partial charge in [0.05, 0.1) is 6.10 Å². The molecule has 2 atom stereocenters. The molecule has 0 amide bonds. The van der Waals surface area contributed by atoms with Gasteiger partial charge in [-0.05, 0) is 30.5 Å². The van der Waals surface area contributed by atoms with Crippen molar-refractivity contribution in [2.24, 2.45) is 0 Å². The minimum absolute atomic E-state index is 0.214. The van der Waals surface area contributed by atoms with Crippen molar-refractivity contribution >= 4 is 0 Å². The summed E-state index contributed by atoms with van der Waals surface area (Å²) in [6.45, 7) is 3.91. The molecule has 0 bridgehead atoms. The van der Waals surface area contributed by atoms with E-state index in [1.165, 1.54) is 11.1 Å². The lowest BCUT2D eigenvalue weighted by molar-refractivity contribution is 0.0525. The number of hydrogen-bond acceptors (Lipinski definition) is 3. The predicted molar refractivity (Wildman–Crippen MR) is 67.8 cm³/mol. The first-order valence-corrected chi connectivity index (χ1v) is 6.53. The van der Waals surface area contributed by atoms with Crippen molar-refractivity contribution < 1.29 is 5.11 Å². The van der Waals surface area contributed by atoms with Gasteiger partial charge in [-0.3, -0.25) is 4.90 Å². The third kappa shape index (κ3) is 2.37. The van der Waals surface area contributed by atoms with E-state index < -0.39 is 0 Å². The molecule has 3 rings (SSSR count). The molecule has 0 spiro atoms. The molecule has 3 heteroatoms. The van der Waals surface area contributed by atoms with Gasteiger partial charge in [-0.1, -0.05) is 24.3 Å². The predicted octanol–water partition coefficient (Wildman–Crippen LogP) is 0.768. The van der Waals surface area contributed by atoms with Crippen molar-refractivity contribution in [1.29, 1.82) is 0 Å². The highest BCUT2D eigenvalue weighted by molar-refractivity contribution is 5.29. The SMILES string of the molecule is OC(CN1CCc2ccccc2C1)C1CCN1. The quantitative estimate of drug-likeness (QED) is 0.808. The second kappa shape index (κ2) is 4.77. The molecular weight excluding hydrogens is 212 g/mol. The molecule has 17 heavy (non-hydrogen) atoms. The van der Waals surface area contributed by atoms with Crippen molar-refractivity contribution in [3.05, 3.63) is 35.4 Å². The number of fused-ring (bicyclic) bond motifs is 1. The Balaban J connectivity index is 1.60. The van der Waals surface area contributed by atoms with E-state index in [9.17, 15) is 5.11 Å². The van der Waals surface area contributed by atoms with E-state index in [0.717, 1.165) is 39.0 Å². The Labute approximate surface area is 102 Å². The van der Waals surface area contributed by atoms with Crippen LogP contribution in [0.1, 0.15) is 17.5 Å². The first kappa shape index (κ1) is 11.2. The zero-order valence-corrected chi connectivity index (χ0v) is 10.1. The van der Waals surface area contributed by atoms with Crippen molar-refractivity contribution in [1.82, 2.24) is 10.2 Å². The monoisotopic (exact) mass is 232 g/mol. The first-order valence-electron chi connectivity index (χ1n) is 6.53. The number of hydrogen-bond donors (Lipinski definition) is 2. The van der Waals surface area contributed by atoms with Crippen LogP contribution in [-0.2, 0) is 13.0 Å².